The van der Waals surface area contributed by atoms with Crippen molar-refractivity contribution in [2.75, 3.05) is 13.9 Å². The number of ether oxygens (including phenoxy) is 2. The Morgan fingerprint density at radius 1 is 0.569 bits per heavy atom. The summed E-state index contributed by atoms with van der Waals surface area (Å²) in [6.45, 7) is -0.328. The maximum absolute atomic E-state index is 12.5. The van der Waals surface area contributed by atoms with Gasteiger partial charge in [-0.25, -0.2) is 0 Å². The fourth-order valence-electron chi connectivity index (χ4n) is 6.09. The Hall–Kier alpha value is -12.0. The van der Waals surface area contributed by atoms with Crippen LogP contribution in [0.5, 0.6) is 11.5 Å². The number of rotatable bonds is 15. The number of phenols is 1. The largest absolute Gasteiger partial charge is 0.507 e. The van der Waals surface area contributed by atoms with E-state index in [1.165, 1.54) is 43.2 Å². The van der Waals surface area contributed by atoms with Crippen LogP contribution in [0.1, 0.15) is 54.9 Å². The zero-order valence-corrected chi connectivity index (χ0v) is 80.7. The molecule has 7 rings (SSSR count). The molecule has 0 saturated carbocycles. The molecule has 14 nitrogen and oxygen atoms in total. The minimum absolute atomic E-state index is 0. The molecule has 0 saturated heterocycles. The van der Waals surface area contributed by atoms with E-state index in [4.69, 9.17) is 54.6 Å². The van der Waals surface area contributed by atoms with Gasteiger partial charge in [-0.3, -0.25) is 9.59 Å². The van der Waals surface area contributed by atoms with E-state index in [9.17, 15) is 14.7 Å². The van der Waals surface area contributed by atoms with Crippen LogP contribution in [0.4, 0.5) is 0 Å². The van der Waals surface area contributed by atoms with Crippen molar-refractivity contribution in [1.29, 1.82) is 0 Å². The number of halogens is 1. The number of aliphatic hydroxyl groups excluding tert-OH is 6. The number of aliphatic hydroxyl groups is 6. The van der Waals surface area contributed by atoms with Crippen molar-refractivity contribution in [2.45, 2.75) is 51.4 Å². The smallest absolute Gasteiger partial charge is 0.492 e. The van der Waals surface area contributed by atoms with Gasteiger partial charge < -0.3 is 59.7 Å². The molecule has 6 aromatic carbocycles. The number of aromatic hydroxyl groups is 1. The van der Waals surface area contributed by atoms with Crippen molar-refractivity contribution in [1.82, 2.24) is 0 Å². The summed E-state index contributed by atoms with van der Waals surface area (Å²) >= 11 is 3.34. The monoisotopic (exact) mass is 2590 g/mol. The number of fused-ring (bicyclic) bond motifs is 1. The maximum atomic E-state index is 12.5. The fourth-order valence-corrected chi connectivity index (χ4v) is 6.46. The Bertz CT molecular complexity index is 2640. The van der Waals surface area contributed by atoms with Crippen molar-refractivity contribution in [3.8, 4) is 22.6 Å². The molecule has 0 aliphatic rings. The first-order chi connectivity index (χ1) is 31.9. The van der Waals surface area contributed by atoms with Gasteiger partial charge in [0.15, 0.2) is 18.0 Å². The number of methoxy groups -OCH3 is 1. The van der Waals surface area contributed by atoms with Crippen molar-refractivity contribution < 1.29 is 64.5 Å². The van der Waals surface area contributed by atoms with Crippen molar-refractivity contribution in [3.63, 3.8) is 0 Å². The number of carbonyl (C=O) groups excluding carboxylic acids is 1. The van der Waals surface area contributed by atoms with Gasteiger partial charge in [0.05, 0.1) is 56.2 Å². The van der Waals surface area contributed by atoms with E-state index >= 15 is 0 Å². The summed E-state index contributed by atoms with van der Waals surface area (Å²) in [5.41, 5.74) is 8.53. The van der Waals surface area contributed by atoms with E-state index in [-0.39, 0.29) is 80.8 Å². The van der Waals surface area contributed by atoms with Crippen molar-refractivity contribution in [3.05, 3.63) is 194 Å². The van der Waals surface area contributed by atoms with Crippen molar-refractivity contribution in [2.24, 2.45) is 0 Å². The van der Waals surface area contributed by atoms with Crippen LogP contribution in [0.25, 0.3) is 22.1 Å². The molecule has 0 amide bonds. The number of phenolic OH excluding ortho intramolecular Hbond substituents is 1. The van der Waals surface area contributed by atoms with Gasteiger partial charge in [-0.15, -0.1) is 0 Å². The van der Waals surface area contributed by atoms with Gasteiger partial charge in [-0.05, 0) is 80.4 Å². The number of alkyl halides is 1. The third-order valence-electron chi connectivity index (χ3n) is 9.82. The molecule has 7 aromatic rings. The third-order valence-corrected chi connectivity index (χ3v) is 10.5. The number of hydrogen-bond donors (Lipinski definition) is 9. The minimum atomic E-state index is -1.61. The number of Topliss-reactive ketones (excluding diaryl/α,β-unsaturated/α-hetero) is 1. The fraction of sp³-hybridized carbons (Fsp3) is 0.200. The summed E-state index contributed by atoms with van der Waals surface area (Å²) in [4.78, 5) is 24.6. The predicted molar refractivity (Wildman–Crippen MR) is 254 cm³/mol. The molecule has 1 aromatic heterocycles. The Morgan fingerprint density at radius 3 is 1.47 bits per heavy atom. The summed E-state index contributed by atoms with van der Waals surface area (Å²) < 4.78 is 15.4. The minimum Gasteiger partial charge on any atom is -0.507 e. The van der Waals surface area contributed by atoms with Gasteiger partial charge in [0.1, 0.15) is 23.3 Å². The standard InChI is InChI=1S/C17H14O4.C16H16O4.C9H13BO5.C8H9BrO.6Sg/c18-8-11-1-4-13(5-2-11)15-10-21-16-7-12(9-19)3-6-14(16)17(15)20;17-9-12-3-1-11(2-4-12)7-15(19)14-6-5-13(10-18)8-16(14)20;1-14-6-15-9-4-7(5-11)2-3-8(9)10(12)13;9-5-7-1-3-8(6-10)4-2-7;;;;;;/h1-7,10,18-19H,8-9H2;1-6,8,17-18,20H,7,9-10H2;2-4,11-13H,5-6H2,1H3;1-4,10H,5-6H2;;;;;;. The van der Waals surface area contributed by atoms with Crippen molar-refractivity contribution >= 4 is 45.3 Å². The molecule has 0 spiro atoms. The van der Waals surface area contributed by atoms with E-state index in [0.29, 0.717) is 39.0 Å². The first kappa shape index (κ1) is 64.3. The Morgan fingerprint density at radius 2 is 1.00 bits per heavy atom. The molecule has 9 N–H and O–H groups in total. The van der Waals surface area contributed by atoms with Gasteiger partial charge >= 0.3 is 7.12 Å². The van der Waals surface area contributed by atoms with Gasteiger partial charge in [0.2, 0.25) is 0 Å². The number of carbonyl (C=O) groups is 1. The molecular weight excluding hydrogens is 2530 g/mol. The topological polar surface area (TPSA) is 248 Å². The van der Waals surface area contributed by atoms with Crippen LogP contribution in [-0.2, 0) is 56.1 Å². The van der Waals surface area contributed by atoms with Crippen LogP contribution in [0, 0.1) is 0 Å². The van der Waals surface area contributed by atoms with Crippen LogP contribution < -0.4 is 15.6 Å². The summed E-state index contributed by atoms with van der Waals surface area (Å²) in [5, 5.41) is 82.9. The molecule has 1 heterocycles. The molecule has 0 atom stereocenters. The van der Waals surface area contributed by atoms with Gasteiger partial charge in [-0.1, -0.05) is 113 Å². The molecular formula is C50H52BBrO14Sg6. The van der Waals surface area contributed by atoms with Crippen LogP contribution in [0.3, 0.4) is 0 Å². The van der Waals surface area contributed by atoms with Crippen LogP contribution in [0.2, 0.25) is 0 Å². The Kier molecular flexibility index (Phi) is 28.4. The quantitative estimate of drug-likeness (QED) is 0.0279. The van der Waals surface area contributed by atoms with E-state index in [1.807, 2.05) is 24.3 Å². The van der Waals surface area contributed by atoms with Crippen LogP contribution >= 0.6 is 15.9 Å². The third kappa shape index (κ3) is 17.4. The molecule has 0 bridgehead atoms. The summed E-state index contributed by atoms with van der Waals surface area (Å²) in [6, 6.07) is 36.2. The Labute approximate surface area is 390 Å². The molecule has 0 aliphatic carbocycles. The van der Waals surface area contributed by atoms with E-state index < -0.39 is 7.12 Å². The van der Waals surface area contributed by atoms with Gasteiger partial charge in [0, 0.05) is 24.3 Å². The molecule has 0 unspecified atom stereocenters. The first-order valence-corrected chi connectivity index (χ1v) is 21.5. The zero-order valence-electron chi connectivity index (χ0n) is 40.3. The molecule has 72 heavy (non-hydrogen) atoms. The van der Waals surface area contributed by atoms with E-state index in [2.05, 4.69) is 15.9 Å². The first-order valence-electron chi connectivity index (χ1n) is 20.4. The normalized spacial score (nSPS) is 9.58. The van der Waals surface area contributed by atoms with Gasteiger partial charge in [0.25, 0.3) is 0 Å². The van der Waals surface area contributed by atoms with Crippen LogP contribution in [-0.4, -0.2) is 72.6 Å². The molecule has 0 fully saturated rings. The van der Waals surface area contributed by atoms with E-state index in [1.54, 1.807) is 78.9 Å². The average Bonchev–Trinajstić information content (AvgIpc) is 3.36. The predicted octanol–water partition coefficient (Wildman–Crippen LogP) is 5.16. The molecule has 22 heteroatoms. The zero-order chi connectivity index (χ0) is 48.0. The van der Waals surface area contributed by atoms with E-state index in [0.717, 1.165) is 33.1 Å². The summed E-state index contributed by atoms with van der Waals surface area (Å²) in [7, 11) is -0.144. The molecule has 0 radical (unpaired) electrons. The number of ketones is 1. The number of benzene rings is 6. The number of hydrogen-bond acceptors (Lipinski definition) is 14. The van der Waals surface area contributed by atoms with Crippen LogP contribution in [0.15, 0.2) is 143 Å². The average molecular weight is 2580 g/mol. The second kappa shape index (κ2) is 31.8. The second-order valence-electron chi connectivity index (χ2n) is 14.5. The summed E-state index contributed by atoms with van der Waals surface area (Å²) in [6.07, 6.45) is 1.61. The Balaban J connectivity index is -0.000000883. The molecule has 358 valence electrons. The molecule has 0 aliphatic heterocycles. The second-order valence-corrected chi connectivity index (χ2v) is 15.0. The SMILES string of the molecule is COCOc1cc(CO)ccc1B(O)O.O=C(Cc1ccc(CO)cc1)c1ccc(CO)cc1O.O=c1c(-c2ccc(CO)cc2)coc2cc(CO)ccc12.OCc1ccc(CBr)cc1.[Sg].[Sg].[Sg].[Sg].[Sg].[Sg]. The summed E-state index contributed by atoms with van der Waals surface area (Å²) in [5.74, 6) is -0.0179. The van der Waals surface area contributed by atoms with Gasteiger partial charge in [-0.2, -0.15) is 0 Å². The maximum Gasteiger partial charge on any atom is 0.492 e.